The zero-order valence-corrected chi connectivity index (χ0v) is 22.2. The molecule has 1 aliphatic heterocycles. The number of aromatic nitrogens is 3. The number of rotatable bonds is 6. The third kappa shape index (κ3) is 3.14. The van der Waals surface area contributed by atoms with E-state index in [9.17, 15) is 19.5 Å². The Balaban J connectivity index is 1.25. The van der Waals surface area contributed by atoms with E-state index in [0.29, 0.717) is 28.4 Å². The lowest BCUT2D eigenvalue weighted by Crippen LogP contribution is -2.78. The molecule has 4 saturated carbocycles. The van der Waals surface area contributed by atoms with Gasteiger partial charge >= 0.3 is 5.97 Å². The first-order valence-electron chi connectivity index (χ1n) is 13.0. The number of aryl methyl sites for hydroxylation is 1. The number of nitrogens with zero attached hydrogens (tertiary/aromatic N) is 4. The fraction of sp³-hybridized carbons (Fsp3) is 0.464. The Morgan fingerprint density at radius 3 is 2.61 bits per heavy atom. The van der Waals surface area contributed by atoms with E-state index in [2.05, 4.69) is 15.2 Å². The molecule has 2 N–H and O–H groups in total. The summed E-state index contributed by atoms with van der Waals surface area (Å²) in [6.07, 6.45) is 3.60. The molecular weight excluding hydrogens is 506 g/mol. The van der Waals surface area contributed by atoms with Crippen LogP contribution >= 0.6 is 11.6 Å². The standard InChI is InChI=1S/C28H28ClN5O4/c1-13-6-16(14(2)30-19-4-5-20(29)31-22(19)25(37)38)21-18(7-13)23(35)33(3)26(32-21)27-10-28(11-27,12-27)34-9-15-8-17(15)24(34)36/h4-7,14-15,17,30H,8-12H2,1-3H3,(H,37,38)/t14-,15?,17?,27?,28?/m1/s1. The van der Waals surface area contributed by atoms with Crippen molar-refractivity contribution in [2.75, 3.05) is 11.9 Å². The Labute approximate surface area is 223 Å². The lowest BCUT2D eigenvalue weighted by molar-refractivity contribution is -0.184. The van der Waals surface area contributed by atoms with E-state index in [1.165, 1.54) is 6.07 Å². The predicted octanol–water partition coefficient (Wildman–Crippen LogP) is 3.81. The summed E-state index contributed by atoms with van der Waals surface area (Å²) in [5.74, 6) is 0.703. The maximum atomic E-state index is 13.6. The van der Waals surface area contributed by atoms with Gasteiger partial charge in [0.15, 0.2) is 5.69 Å². The molecule has 8 rings (SSSR count). The second-order valence-corrected chi connectivity index (χ2v) is 12.2. The van der Waals surface area contributed by atoms with Crippen LogP contribution in [0.15, 0.2) is 29.1 Å². The quantitative estimate of drug-likeness (QED) is 0.462. The fourth-order valence-corrected chi connectivity index (χ4v) is 7.49. The highest BCUT2D eigenvalue weighted by Gasteiger charge is 2.75. The van der Waals surface area contributed by atoms with E-state index in [1.54, 1.807) is 17.7 Å². The van der Waals surface area contributed by atoms with Crippen molar-refractivity contribution in [1.82, 2.24) is 19.4 Å². The molecule has 2 unspecified atom stereocenters. The number of carbonyl (C=O) groups excluding carboxylic acids is 1. The normalized spacial score (nSPS) is 29.5. The molecule has 0 spiro atoms. The Morgan fingerprint density at radius 2 is 1.95 bits per heavy atom. The Hall–Kier alpha value is -3.46. The number of likely N-dealkylation sites (tertiary alicyclic amines) is 1. The fourth-order valence-electron chi connectivity index (χ4n) is 7.34. The van der Waals surface area contributed by atoms with Gasteiger partial charge in [0.1, 0.15) is 11.0 Å². The number of amides is 1. The van der Waals surface area contributed by atoms with Gasteiger partial charge in [0.2, 0.25) is 5.91 Å². The number of carboxylic acids is 1. The Kier molecular flexibility index (Phi) is 4.70. The summed E-state index contributed by atoms with van der Waals surface area (Å²) in [7, 11) is 1.79. The van der Waals surface area contributed by atoms with Gasteiger partial charge in [-0.25, -0.2) is 14.8 Å². The second kappa shape index (κ2) is 7.56. The molecule has 3 atom stereocenters. The summed E-state index contributed by atoms with van der Waals surface area (Å²) >= 11 is 5.93. The average molecular weight is 534 g/mol. The van der Waals surface area contributed by atoms with E-state index >= 15 is 0 Å². The van der Waals surface area contributed by atoms with Crippen LogP contribution in [0, 0.1) is 18.8 Å². The number of pyridine rings is 1. The van der Waals surface area contributed by atoms with E-state index < -0.39 is 5.97 Å². The number of anilines is 1. The molecule has 1 aromatic carbocycles. The van der Waals surface area contributed by atoms with Gasteiger partial charge in [0.05, 0.1) is 22.6 Å². The SMILES string of the molecule is Cc1cc([C@@H](C)Nc2ccc(Cl)nc2C(=O)O)c2nc(C34CC(N5CC6CC6C5=O)(C3)C4)n(C)c(=O)c2c1. The molecule has 2 aromatic heterocycles. The summed E-state index contributed by atoms with van der Waals surface area (Å²) < 4.78 is 1.68. The van der Waals surface area contributed by atoms with Crippen LogP contribution in [0.4, 0.5) is 5.69 Å². The van der Waals surface area contributed by atoms with Crippen molar-refractivity contribution in [1.29, 1.82) is 0 Å². The van der Waals surface area contributed by atoms with Crippen LogP contribution in [-0.4, -0.2) is 48.5 Å². The topological polar surface area (TPSA) is 117 Å². The van der Waals surface area contributed by atoms with Gasteiger partial charge in [-0.2, -0.15) is 0 Å². The van der Waals surface area contributed by atoms with E-state index in [0.717, 1.165) is 49.2 Å². The number of hydrogen-bond acceptors (Lipinski definition) is 6. The van der Waals surface area contributed by atoms with Gasteiger partial charge in [-0.15, -0.1) is 0 Å². The summed E-state index contributed by atoms with van der Waals surface area (Å²) in [4.78, 5) is 49.3. The van der Waals surface area contributed by atoms with Gasteiger partial charge < -0.3 is 15.3 Å². The number of hydrogen-bond donors (Lipinski definition) is 2. The van der Waals surface area contributed by atoms with Gasteiger partial charge in [0, 0.05) is 36.0 Å². The molecule has 38 heavy (non-hydrogen) atoms. The van der Waals surface area contributed by atoms with Crippen molar-refractivity contribution in [2.24, 2.45) is 18.9 Å². The van der Waals surface area contributed by atoms with Crippen molar-refractivity contribution in [3.05, 3.63) is 62.4 Å². The molecule has 10 heteroatoms. The molecule has 0 radical (unpaired) electrons. The number of aromatic carboxylic acids is 1. The van der Waals surface area contributed by atoms with Crippen LogP contribution in [0.1, 0.15) is 66.1 Å². The van der Waals surface area contributed by atoms with Gasteiger partial charge in [-0.3, -0.25) is 14.2 Å². The minimum Gasteiger partial charge on any atom is -0.476 e. The maximum absolute atomic E-state index is 13.6. The average Bonchev–Trinajstić information content (AvgIpc) is 3.52. The maximum Gasteiger partial charge on any atom is 0.356 e. The molecule has 1 amide bonds. The summed E-state index contributed by atoms with van der Waals surface area (Å²) in [6, 6.07) is 6.61. The van der Waals surface area contributed by atoms with Gasteiger partial charge in [-0.1, -0.05) is 17.7 Å². The van der Waals surface area contributed by atoms with Crippen molar-refractivity contribution in [3.63, 3.8) is 0 Å². The number of piperidine rings is 1. The third-order valence-electron chi connectivity index (χ3n) is 9.23. The molecule has 3 heterocycles. The monoisotopic (exact) mass is 533 g/mol. The minimum atomic E-state index is -1.18. The first-order valence-corrected chi connectivity index (χ1v) is 13.4. The van der Waals surface area contributed by atoms with Crippen LogP contribution in [0.2, 0.25) is 5.15 Å². The largest absolute Gasteiger partial charge is 0.476 e. The first-order chi connectivity index (χ1) is 18.0. The highest BCUT2D eigenvalue weighted by atomic mass is 35.5. The van der Waals surface area contributed by atoms with Crippen LogP contribution in [-0.2, 0) is 17.3 Å². The van der Waals surface area contributed by atoms with Crippen molar-refractivity contribution in [3.8, 4) is 0 Å². The Morgan fingerprint density at radius 1 is 1.21 bits per heavy atom. The molecule has 1 saturated heterocycles. The summed E-state index contributed by atoms with van der Waals surface area (Å²) in [5, 5.41) is 13.5. The van der Waals surface area contributed by atoms with Crippen LogP contribution in [0.25, 0.3) is 10.9 Å². The van der Waals surface area contributed by atoms with Gasteiger partial charge in [-0.05, 0) is 69.2 Å². The summed E-state index contributed by atoms with van der Waals surface area (Å²) in [5.41, 5.74) is 2.16. The van der Waals surface area contributed by atoms with E-state index in [-0.39, 0.29) is 39.3 Å². The highest BCUT2D eigenvalue weighted by molar-refractivity contribution is 6.29. The molecule has 5 aliphatic rings. The molecule has 4 aliphatic carbocycles. The Bertz CT molecular complexity index is 1630. The molecule has 2 bridgehead atoms. The van der Waals surface area contributed by atoms with Crippen LogP contribution in [0.3, 0.4) is 0 Å². The number of fused-ring (bicyclic) bond motifs is 2. The van der Waals surface area contributed by atoms with E-state index in [4.69, 9.17) is 16.6 Å². The number of halogens is 1. The second-order valence-electron chi connectivity index (χ2n) is 11.8. The zero-order valence-electron chi connectivity index (χ0n) is 21.4. The smallest absolute Gasteiger partial charge is 0.356 e. The molecule has 5 fully saturated rings. The lowest BCUT2D eigenvalue weighted by Gasteiger charge is -2.73. The predicted molar refractivity (Wildman–Crippen MR) is 142 cm³/mol. The number of carboxylic acid groups (broad SMARTS) is 1. The summed E-state index contributed by atoms with van der Waals surface area (Å²) in [6.45, 7) is 4.72. The molecule has 3 aromatic rings. The first kappa shape index (κ1) is 23.6. The number of benzene rings is 1. The molecule has 9 nitrogen and oxygen atoms in total. The zero-order chi connectivity index (χ0) is 26.7. The number of nitrogens with one attached hydrogen (secondary N) is 1. The van der Waals surface area contributed by atoms with Crippen molar-refractivity contribution >= 4 is 40.1 Å². The van der Waals surface area contributed by atoms with Crippen LogP contribution < -0.4 is 10.9 Å². The van der Waals surface area contributed by atoms with Crippen molar-refractivity contribution in [2.45, 2.75) is 56.5 Å². The highest BCUT2D eigenvalue weighted by Crippen LogP contribution is 2.71. The number of carbonyl (C=O) groups is 2. The minimum absolute atomic E-state index is 0.0586. The van der Waals surface area contributed by atoms with Gasteiger partial charge in [0.25, 0.3) is 5.56 Å². The third-order valence-corrected chi connectivity index (χ3v) is 9.44. The molecule has 196 valence electrons. The lowest BCUT2D eigenvalue weighted by atomic mass is 9.38. The van der Waals surface area contributed by atoms with E-state index in [1.807, 2.05) is 26.0 Å². The van der Waals surface area contributed by atoms with Crippen molar-refractivity contribution < 1.29 is 14.7 Å². The van der Waals surface area contributed by atoms with Crippen LogP contribution in [0.5, 0.6) is 0 Å². The molecular formula is C28H28ClN5O4.